The second-order valence-electron chi connectivity index (χ2n) is 1.66. The highest BCUT2D eigenvalue weighted by Crippen LogP contribution is 2.00. The van der Waals surface area contributed by atoms with Crippen molar-refractivity contribution in [2.75, 3.05) is 13.7 Å². The minimum atomic E-state index is -1.05. The van der Waals surface area contributed by atoms with Crippen LogP contribution in [-0.2, 0) is 14.3 Å². The van der Waals surface area contributed by atoms with Gasteiger partial charge in [-0.25, -0.2) is 4.79 Å². The van der Waals surface area contributed by atoms with Gasteiger partial charge in [-0.05, 0) is 0 Å². The summed E-state index contributed by atoms with van der Waals surface area (Å²) in [5, 5.41) is 0. The first-order valence-corrected chi connectivity index (χ1v) is 3.43. The molecule has 3 nitrogen and oxygen atoms in total. The van der Waals surface area contributed by atoms with Gasteiger partial charge in [0.15, 0.2) is 0 Å². The standard InChI is InChI=1S/C7H9ClO3/c1-3-4-5-11-6(8)7(9)10-2/h1,6H,4-5H2,2H3. The maximum absolute atomic E-state index is 10.6. The minimum Gasteiger partial charge on any atom is -0.466 e. The molecule has 0 aliphatic heterocycles. The van der Waals surface area contributed by atoms with Crippen molar-refractivity contribution in [3.05, 3.63) is 0 Å². The van der Waals surface area contributed by atoms with E-state index in [2.05, 4.69) is 10.7 Å². The Labute approximate surface area is 70.6 Å². The van der Waals surface area contributed by atoms with Gasteiger partial charge in [0.25, 0.3) is 0 Å². The molecular weight excluding hydrogens is 168 g/mol. The molecule has 0 aliphatic carbocycles. The molecular formula is C7H9ClO3. The summed E-state index contributed by atoms with van der Waals surface area (Å²) >= 11 is 5.40. The summed E-state index contributed by atoms with van der Waals surface area (Å²) in [7, 11) is 1.24. The second-order valence-corrected chi connectivity index (χ2v) is 2.06. The minimum absolute atomic E-state index is 0.264. The van der Waals surface area contributed by atoms with Crippen LogP contribution < -0.4 is 0 Å². The van der Waals surface area contributed by atoms with E-state index in [1.165, 1.54) is 7.11 Å². The molecule has 0 radical (unpaired) electrons. The fourth-order valence-corrected chi connectivity index (χ4v) is 0.560. The molecule has 62 valence electrons. The topological polar surface area (TPSA) is 35.5 Å². The van der Waals surface area contributed by atoms with Gasteiger partial charge in [-0.15, -0.1) is 12.3 Å². The average molecular weight is 177 g/mol. The predicted octanol–water partition coefficient (Wildman–Crippen LogP) is 0.764. The molecule has 0 saturated carbocycles. The van der Waals surface area contributed by atoms with Crippen LogP contribution in [-0.4, -0.2) is 25.2 Å². The Morgan fingerprint density at radius 2 is 2.45 bits per heavy atom. The number of halogens is 1. The molecule has 0 N–H and O–H groups in total. The van der Waals surface area contributed by atoms with Crippen LogP contribution in [0.15, 0.2) is 0 Å². The van der Waals surface area contributed by atoms with E-state index in [1.807, 2.05) is 0 Å². The largest absolute Gasteiger partial charge is 0.466 e. The van der Waals surface area contributed by atoms with E-state index >= 15 is 0 Å². The van der Waals surface area contributed by atoms with Crippen LogP contribution in [0.1, 0.15) is 6.42 Å². The molecule has 0 bridgehead atoms. The molecule has 0 spiro atoms. The normalized spacial score (nSPS) is 11.7. The van der Waals surface area contributed by atoms with Gasteiger partial charge in [-0.3, -0.25) is 0 Å². The highest BCUT2D eigenvalue weighted by Gasteiger charge is 2.14. The molecule has 0 fully saturated rings. The summed E-state index contributed by atoms with van der Waals surface area (Å²) in [5.41, 5.74) is -1.05. The zero-order valence-electron chi connectivity index (χ0n) is 6.17. The Morgan fingerprint density at radius 3 is 2.91 bits per heavy atom. The average Bonchev–Trinajstić information content (AvgIpc) is 2.03. The molecule has 0 aliphatic rings. The number of carbonyl (C=O) groups excluding carboxylic acids is 1. The Bertz CT molecular complexity index is 162. The third-order valence-electron chi connectivity index (χ3n) is 0.897. The van der Waals surface area contributed by atoms with Gasteiger partial charge in [-0.1, -0.05) is 11.6 Å². The van der Waals surface area contributed by atoms with Gasteiger partial charge in [0.2, 0.25) is 5.56 Å². The van der Waals surface area contributed by atoms with Crippen LogP contribution in [0.2, 0.25) is 0 Å². The first-order valence-electron chi connectivity index (χ1n) is 2.99. The van der Waals surface area contributed by atoms with Crippen molar-refractivity contribution in [1.29, 1.82) is 0 Å². The summed E-state index contributed by atoms with van der Waals surface area (Å²) in [5.74, 6) is 1.74. The number of hydrogen-bond donors (Lipinski definition) is 0. The monoisotopic (exact) mass is 176 g/mol. The van der Waals surface area contributed by atoms with Crippen molar-refractivity contribution in [3.63, 3.8) is 0 Å². The molecule has 0 aromatic carbocycles. The SMILES string of the molecule is C#CCCOC(Cl)C(=O)OC. The van der Waals surface area contributed by atoms with Crippen molar-refractivity contribution in [3.8, 4) is 12.3 Å². The molecule has 4 heteroatoms. The lowest BCUT2D eigenvalue weighted by molar-refractivity contribution is -0.148. The molecule has 1 atom stereocenters. The lowest BCUT2D eigenvalue weighted by atomic mass is 10.5. The maximum Gasteiger partial charge on any atom is 0.350 e. The molecule has 1 unspecified atom stereocenters. The molecule has 0 amide bonds. The van der Waals surface area contributed by atoms with E-state index in [0.717, 1.165) is 0 Å². The smallest absolute Gasteiger partial charge is 0.350 e. The Morgan fingerprint density at radius 1 is 1.82 bits per heavy atom. The number of hydrogen-bond acceptors (Lipinski definition) is 3. The van der Waals surface area contributed by atoms with Gasteiger partial charge in [0, 0.05) is 6.42 Å². The summed E-state index contributed by atoms with van der Waals surface area (Å²) in [4.78, 5) is 10.6. The van der Waals surface area contributed by atoms with Crippen LogP contribution in [0.25, 0.3) is 0 Å². The number of alkyl halides is 1. The number of rotatable bonds is 4. The van der Waals surface area contributed by atoms with E-state index in [0.29, 0.717) is 6.42 Å². The fraction of sp³-hybridized carbons (Fsp3) is 0.571. The number of esters is 1. The van der Waals surface area contributed by atoms with E-state index in [9.17, 15) is 4.79 Å². The van der Waals surface area contributed by atoms with E-state index in [-0.39, 0.29) is 6.61 Å². The van der Waals surface area contributed by atoms with E-state index < -0.39 is 11.5 Å². The maximum atomic E-state index is 10.6. The summed E-state index contributed by atoms with van der Waals surface area (Å²) in [6, 6.07) is 0. The molecule has 0 rings (SSSR count). The molecule has 0 heterocycles. The molecule has 11 heavy (non-hydrogen) atoms. The molecule has 0 aromatic heterocycles. The van der Waals surface area contributed by atoms with Gasteiger partial charge in [0.1, 0.15) is 0 Å². The van der Waals surface area contributed by atoms with Crippen LogP contribution in [0.3, 0.4) is 0 Å². The Balaban J connectivity index is 3.45. The quantitative estimate of drug-likeness (QED) is 0.275. The predicted molar refractivity (Wildman–Crippen MR) is 41.1 cm³/mol. The summed E-state index contributed by atoms with van der Waals surface area (Å²) in [6.07, 6.45) is 5.36. The first-order chi connectivity index (χ1) is 5.22. The third-order valence-corrected chi connectivity index (χ3v) is 1.20. The van der Waals surface area contributed by atoms with Crippen molar-refractivity contribution < 1.29 is 14.3 Å². The zero-order chi connectivity index (χ0) is 8.69. The lowest BCUT2D eigenvalue weighted by Gasteiger charge is -2.06. The number of ether oxygens (including phenoxy) is 2. The van der Waals surface area contributed by atoms with Crippen molar-refractivity contribution >= 4 is 17.6 Å². The summed E-state index contributed by atoms with van der Waals surface area (Å²) in [6.45, 7) is 0.264. The van der Waals surface area contributed by atoms with Gasteiger partial charge in [-0.2, -0.15) is 0 Å². The zero-order valence-corrected chi connectivity index (χ0v) is 6.93. The van der Waals surface area contributed by atoms with Gasteiger partial charge < -0.3 is 9.47 Å². The van der Waals surface area contributed by atoms with Crippen LogP contribution >= 0.6 is 11.6 Å². The van der Waals surface area contributed by atoms with E-state index in [4.69, 9.17) is 22.8 Å². The number of terminal acetylenes is 1. The van der Waals surface area contributed by atoms with Crippen molar-refractivity contribution in [2.45, 2.75) is 12.0 Å². The van der Waals surface area contributed by atoms with Crippen molar-refractivity contribution in [1.82, 2.24) is 0 Å². The first kappa shape index (κ1) is 10.3. The number of methoxy groups -OCH3 is 1. The second kappa shape index (κ2) is 6.02. The third kappa shape index (κ3) is 4.65. The van der Waals surface area contributed by atoms with E-state index in [1.54, 1.807) is 0 Å². The van der Waals surface area contributed by atoms with Gasteiger partial charge >= 0.3 is 5.97 Å². The summed E-state index contributed by atoms with van der Waals surface area (Å²) < 4.78 is 9.08. The molecule has 0 saturated heterocycles. The van der Waals surface area contributed by atoms with Gasteiger partial charge in [0.05, 0.1) is 13.7 Å². The van der Waals surface area contributed by atoms with Crippen molar-refractivity contribution in [2.24, 2.45) is 0 Å². The highest BCUT2D eigenvalue weighted by atomic mass is 35.5. The van der Waals surface area contributed by atoms with Crippen LogP contribution in [0, 0.1) is 12.3 Å². The van der Waals surface area contributed by atoms with Crippen LogP contribution in [0.4, 0.5) is 0 Å². The number of carbonyl (C=O) groups is 1. The fourth-order valence-electron chi connectivity index (χ4n) is 0.382. The Hall–Kier alpha value is -0.720. The highest BCUT2D eigenvalue weighted by molar-refractivity contribution is 6.28. The Kier molecular flexibility index (Phi) is 5.63. The lowest BCUT2D eigenvalue weighted by Crippen LogP contribution is -2.19. The molecule has 0 aromatic rings. The van der Waals surface area contributed by atoms with Crippen LogP contribution in [0.5, 0.6) is 0 Å².